The molecule has 2 aliphatic rings. The summed E-state index contributed by atoms with van der Waals surface area (Å²) >= 11 is 0. The lowest BCUT2D eigenvalue weighted by molar-refractivity contribution is -0.141. The van der Waals surface area contributed by atoms with Crippen molar-refractivity contribution < 1.29 is 22.8 Å². The van der Waals surface area contributed by atoms with Crippen molar-refractivity contribution in [2.45, 2.75) is 43.8 Å². The molecule has 1 aromatic heterocycles. The summed E-state index contributed by atoms with van der Waals surface area (Å²) < 4.78 is 40.2. The van der Waals surface area contributed by atoms with Gasteiger partial charge in [-0.05, 0) is 36.6 Å². The summed E-state index contributed by atoms with van der Waals surface area (Å²) in [6.07, 6.45) is -2.15. The van der Waals surface area contributed by atoms with Gasteiger partial charge in [0.05, 0.1) is 17.0 Å². The summed E-state index contributed by atoms with van der Waals surface area (Å²) in [5, 5.41) is 2.88. The van der Waals surface area contributed by atoms with Gasteiger partial charge in [0.1, 0.15) is 0 Å². The van der Waals surface area contributed by atoms with Gasteiger partial charge in [0.15, 0.2) is 5.69 Å². The monoisotopic (exact) mass is 403 g/mol. The van der Waals surface area contributed by atoms with Crippen molar-refractivity contribution in [1.82, 2.24) is 9.88 Å². The van der Waals surface area contributed by atoms with E-state index in [1.807, 2.05) is 25.1 Å². The van der Waals surface area contributed by atoms with Crippen LogP contribution in [-0.4, -0.2) is 34.3 Å². The van der Waals surface area contributed by atoms with Crippen molar-refractivity contribution in [3.05, 3.63) is 59.4 Å². The number of para-hydroxylation sites is 1. The number of carbonyl (C=O) groups is 2. The van der Waals surface area contributed by atoms with E-state index in [4.69, 9.17) is 0 Å². The highest BCUT2D eigenvalue weighted by molar-refractivity contribution is 6.08. The Morgan fingerprint density at radius 1 is 1.28 bits per heavy atom. The minimum absolute atomic E-state index is 0.199. The molecule has 2 aromatic rings. The predicted molar refractivity (Wildman–Crippen MR) is 100 cm³/mol. The molecule has 0 saturated carbocycles. The molecule has 0 bridgehead atoms. The number of carbonyl (C=O) groups excluding carboxylic acids is 2. The van der Waals surface area contributed by atoms with Crippen LogP contribution < -0.4 is 5.32 Å². The molecule has 2 amide bonds. The minimum Gasteiger partial charge on any atom is -0.334 e. The maximum atomic E-state index is 13.4. The molecule has 152 valence electrons. The molecule has 0 unspecified atom stereocenters. The number of amides is 2. The number of hydrogen-bond acceptors (Lipinski definition) is 3. The number of benzene rings is 1. The standard InChI is InChI=1S/C21H20F3N3O2/c1-2-6-16-20(14-8-3-4-9-15(14)26-19(20)29)10-12-27(16)18(28)13-7-5-11-25-17(13)21(22,23)24/h3-5,7-9,11,16H,2,6,10,12H2,1H3,(H,26,29)/t16-,20+/m0/s1. The van der Waals surface area contributed by atoms with Crippen LogP contribution in [0.3, 0.4) is 0 Å². The molecule has 29 heavy (non-hydrogen) atoms. The molecule has 3 heterocycles. The summed E-state index contributed by atoms with van der Waals surface area (Å²) in [5.41, 5.74) is -1.11. The Morgan fingerprint density at radius 3 is 2.76 bits per heavy atom. The molecular formula is C21H20F3N3O2. The zero-order valence-electron chi connectivity index (χ0n) is 15.8. The van der Waals surface area contributed by atoms with Gasteiger partial charge in [-0.15, -0.1) is 0 Å². The Hall–Kier alpha value is -2.90. The molecule has 1 aromatic carbocycles. The van der Waals surface area contributed by atoms with Gasteiger partial charge in [-0.1, -0.05) is 31.5 Å². The van der Waals surface area contributed by atoms with E-state index in [1.165, 1.54) is 11.0 Å². The van der Waals surface area contributed by atoms with Crippen LogP contribution >= 0.6 is 0 Å². The highest BCUT2D eigenvalue weighted by atomic mass is 19.4. The number of nitrogens with one attached hydrogen (secondary N) is 1. The molecule has 5 nitrogen and oxygen atoms in total. The molecule has 2 aliphatic heterocycles. The van der Waals surface area contributed by atoms with Crippen molar-refractivity contribution in [3.8, 4) is 0 Å². The third-order valence-electron chi connectivity index (χ3n) is 5.88. The van der Waals surface area contributed by atoms with E-state index in [-0.39, 0.29) is 12.5 Å². The minimum atomic E-state index is -4.73. The number of alkyl halides is 3. The molecule has 8 heteroatoms. The summed E-state index contributed by atoms with van der Waals surface area (Å²) in [6, 6.07) is 9.25. The Bertz CT molecular complexity index is 976. The van der Waals surface area contributed by atoms with Gasteiger partial charge in [-0.3, -0.25) is 14.6 Å². The quantitative estimate of drug-likeness (QED) is 0.843. The van der Waals surface area contributed by atoms with E-state index in [0.717, 1.165) is 17.8 Å². The summed E-state index contributed by atoms with van der Waals surface area (Å²) in [7, 11) is 0. The Morgan fingerprint density at radius 2 is 2.03 bits per heavy atom. The molecule has 1 fully saturated rings. The number of hydrogen-bond donors (Lipinski definition) is 1. The molecule has 0 aliphatic carbocycles. The van der Waals surface area contributed by atoms with Gasteiger partial charge in [0, 0.05) is 18.4 Å². The van der Waals surface area contributed by atoms with Crippen LogP contribution in [0.5, 0.6) is 0 Å². The van der Waals surface area contributed by atoms with Crippen LogP contribution in [0.2, 0.25) is 0 Å². The molecule has 1 N–H and O–H groups in total. The Balaban J connectivity index is 1.78. The lowest BCUT2D eigenvalue weighted by atomic mass is 9.73. The van der Waals surface area contributed by atoms with Crippen LogP contribution in [0.4, 0.5) is 18.9 Å². The molecule has 1 spiro atoms. The maximum Gasteiger partial charge on any atom is 0.434 e. The smallest absolute Gasteiger partial charge is 0.334 e. The van der Waals surface area contributed by atoms with Gasteiger partial charge in [-0.25, -0.2) is 0 Å². The van der Waals surface area contributed by atoms with Crippen LogP contribution in [0, 0.1) is 0 Å². The zero-order chi connectivity index (χ0) is 20.8. The summed E-state index contributed by atoms with van der Waals surface area (Å²) in [5.74, 6) is -0.937. The van der Waals surface area contributed by atoms with Crippen molar-refractivity contribution >= 4 is 17.5 Å². The first-order chi connectivity index (χ1) is 13.8. The van der Waals surface area contributed by atoms with Crippen molar-refractivity contribution in [2.75, 3.05) is 11.9 Å². The summed E-state index contributed by atoms with van der Waals surface area (Å²) in [4.78, 5) is 31.1. The topological polar surface area (TPSA) is 62.3 Å². The number of pyridine rings is 1. The number of nitrogens with zero attached hydrogens (tertiary/aromatic N) is 2. The third kappa shape index (κ3) is 2.89. The first-order valence-electron chi connectivity index (χ1n) is 9.55. The molecule has 1 saturated heterocycles. The fraction of sp³-hybridized carbons (Fsp3) is 0.381. The first kappa shape index (κ1) is 19.4. The molecule has 0 radical (unpaired) electrons. The van der Waals surface area contributed by atoms with E-state index < -0.39 is 34.8 Å². The fourth-order valence-corrected chi connectivity index (χ4v) is 4.68. The van der Waals surface area contributed by atoms with Crippen molar-refractivity contribution in [1.29, 1.82) is 0 Å². The SMILES string of the molecule is CCC[C@@H]1N(C(=O)c2cccnc2C(F)(F)F)CC[C@]12C(=O)Nc1ccccc12. The molecular weight excluding hydrogens is 383 g/mol. The van der Waals surface area contributed by atoms with Gasteiger partial charge in [0.2, 0.25) is 5.91 Å². The van der Waals surface area contributed by atoms with Crippen LogP contribution in [0.1, 0.15) is 47.8 Å². The lowest BCUT2D eigenvalue weighted by Crippen LogP contribution is -2.49. The Labute approximate surface area is 165 Å². The number of likely N-dealkylation sites (tertiary alicyclic amines) is 1. The van der Waals surface area contributed by atoms with Crippen LogP contribution in [0.15, 0.2) is 42.6 Å². The van der Waals surface area contributed by atoms with E-state index in [1.54, 1.807) is 6.07 Å². The van der Waals surface area contributed by atoms with E-state index >= 15 is 0 Å². The number of fused-ring (bicyclic) bond motifs is 2. The van der Waals surface area contributed by atoms with Crippen molar-refractivity contribution in [2.24, 2.45) is 0 Å². The van der Waals surface area contributed by atoms with Crippen LogP contribution in [-0.2, 0) is 16.4 Å². The second-order valence-electron chi connectivity index (χ2n) is 7.42. The van der Waals surface area contributed by atoms with Gasteiger partial charge in [-0.2, -0.15) is 13.2 Å². The second kappa shape index (κ2) is 6.86. The average Bonchev–Trinajstić information content (AvgIpc) is 3.21. The first-order valence-corrected chi connectivity index (χ1v) is 9.55. The lowest BCUT2D eigenvalue weighted by Gasteiger charge is -2.34. The van der Waals surface area contributed by atoms with Crippen molar-refractivity contribution in [3.63, 3.8) is 0 Å². The number of aromatic nitrogens is 1. The van der Waals surface area contributed by atoms with E-state index in [0.29, 0.717) is 24.9 Å². The van der Waals surface area contributed by atoms with Gasteiger partial charge in [0.25, 0.3) is 5.91 Å². The third-order valence-corrected chi connectivity index (χ3v) is 5.88. The summed E-state index contributed by atoms with van der Waals surface area (Å²) in [6.45, 7) is 2.14. The number of anilines is 1. The molecule has 4 rings (SSSR count). The largest absolute Gasteiger partial charge is 0.434 e. The normalized spacial score (nSPS) is 23.4. The predicted octanol–water partition coefficient (Wildman–Crippen LogP) is 4.01. The highest BCUT2D eigenvalue weighted by Gasteiger charge is 2.58. The number of rotatable bonds is 3. The Kier molecular flexibility index (Phi) is 4.59. The molecule has 2 atom stereocenters. The van der Waals surface area contributed by atoms with E-state index in [9.17, 15) is 22.8 Å². The van der Waals surface area contributed by atoms with Gasteiger partial charge < -0.3 is 10.2 Å². The van der Waals surface area contributed by atoms with E-state index in [2.05, 4.69) is 10.3 Å². The fourth-order valence-electron chi connectivity index (χ4n) is 4.68. The average molecular weight is 403 g/mol. The maximum absolute atomic E-state index is 13.4. The number of halogens is 3. The zero-order valence-corrected chi connectivity index (χ0v) is 15.8. The highest BCUT2D eigenvalue weighted by Crippen LogP contribution is 2.49. The van der Waals surface area contributed by atoms with Gasteiger partial charge >= 0.3 is 6.18 Å². The van der Waals surface area contributed by atoms with Crippen LogP contribution in [0.25, 0.3) is 0 Å². The second-order valence-corrected chi connectivity index (χ2v) is 7.42.